The molecule has 2 aromatic carbocycles. The summed E-state index contributed by atoms with van der Waals surface area (Å²) in [6.45, 7) is 1.77. The molecule has 0 saturated carbocycles. The first-order chi connectivity index (χ1) is 10.5. The zero-order chi connectivity index (χ0) is 15.9. The van der Waals surface area contributed by atoms with Gasteiger partial charge in [-0.15, -0.1) is 0 Å². The summed E-state index contributed by atoms with van der Waals surface area (Å²) in [5.74, 6) is -0.527. The Morgan fingerprint density at radius 2 is 1.59 bits per heavy atom. The summed E-state index contributed by atoms with van der Waals surface area (Å²) in [6.07, 6.45) is 0.441. The molecule has 0 aliphatic carbocycles. The standard InChI is InChI=1S/C18H20N2O2/c1-13(11-17(19)21)20-18(22)12-14-7-9-16(10-8-14)15-5-3-2-4-6-15/h2-10,13H,11-12H2,1H3,(H2,19,21)(H,20,22)/t13-/m1/s1. The first kappa shape index (κ1) is 15.8. The van der Waals surface area contributed by atoms with Crippen LogP contribution in [0, 0.1) is 0 Å². The van der Waals surface area contributed by atoms with Gasteiger partial charge >= 0.3 is 0 Å². The Morgan fingerprint density at radius 3 is 2.18 bits per heavy atom. The average Bonchev–Trinajstić information content (AvgIpc) is 2.47. The third-order valence-corrected chi connectivity index (χ3v) is 3.34. The van der Waals surface area contributed by atoms with Gasteiger partial charge in [0.1, 0.15) is 0 Å². The number of carbonyl (C=O) groups excluding carboxylic acids is 2. The van der Waals surface area contributed by atoms with Crippen LogP contribution >= 0.6 is 0 Å². The molecule has 1 atom stereocenters. The number of carbonyl (C=O) groups is 2. The van der Waals surface area contributed by atoms with E-state index in [1.807, 2.05) is 54.6 Å². The second-order valence-corrected chi connectivity index (χ2v) is 5.38. The van der Waals surface area contributed by atoms with Crippen molar-refractivity contribution in [3.63, 3.8) is 0 Å². The molecule has 0 aliphatic heterocycles. The van der Waals surface area contributed by atoms with Gasteiger partial charge in [-0.1, -0.05) is 54.6 Å². The molecule has 4 heteroatoms. The van der Waals surface area contributed by atoms with E-state index in [-0.39, 0.29) is 24.8 Å². The molecule has 114 valence electrons. The van der Waals surface area contributed by atoms with E-state index in [9.17, 15) is 9.59 Å². The van der Waals surface area contributed by atoms with Gasteiger partial charge in [-0.25, -0.2) is 0 Å². The minimum absolute atomic E-state index is 0.110. The van der Waals surface area contributed by atoms with Crippen LogP contribution in [0.5, 0.6) is 0 Å². The molecule has 3 N–H and O–H groups in total. The maximum atomic E-state index is 11.9. The van der Waals surface area contributed by atoms with Gasteiger partial charge in [0.25, 0.3) is 0 Å². The smallest absolute Gasteiger partial charge is 0.224 e. The molecule has 0 aliphatic rings. The highest BCUT2D eigenvalue weighted by atomic mass is 16.2. The van der Waals surface area contributed by atoms with Crippen molar-refractivity contribution in [2.45, 2.75) is 25.8 Å². The number of rotatable bonds is 6. The van der Waals surface area contributed by atoms with Crippen LogP contribution in [0.25, 0.3) is 11.1 Å². The number of primary amides is 1. The third kappa shape index (κ3) is 4.74. The summed E-state index contributed by atoms with van der Waals surface area (Å²) in [5.41, 5.74) is 8.30. The van der Waals surface area contributed by atoms with E-state index in [2.05, 4.69) is 5.32 Å². The van der Waals surface area contributed by atoms with Crippen LogP contribution < -0.4 is 11.1 Å². The average molecular weight is 296 g/mol. The summed E-state index contributed by atoms with van der Waals surface area (Å²) in [6, 6.07) is 17.7. The molecule has 2 aromatic rings. The summed E-state index contributed by atoms with van der Waals surface area (Å²) < 4.78 is 0. The summed E-state index contributed by atoms with van der Waals surface area (Å²) in [5, 5.41) is 2.77. The molecule has 2 amide bonds. The van der Waals surface area contributed by atoms with Crippen LogP contribution in [0.15, 0.2) is 54.6 Å². The van der Waals surface area contributed by atoms with Crippen LogP contribution in [0.2, 0.25) is 0 Å². The largest absolute Gasteiger partial charge is 0.370 e. The fourth-order valence-corrected chi connectivity index (χ4v) is 2.31. The third-order valence-electron chi connectivity index (χ3n) is 3.34. The van der Waals surface area contributed by atoms with Crippen molar-refractivity contribution in [3.8, 4) is 11.1 Å². The minimum Gasteiger partial charge on any atom is -0.370 e. The highest BCUT2D eigenvalue weighted by Crippen LogP contribution is 2.19. The Labute approximate surface area is 130 Å². The number of hydrogen-bond acceptors (Lipinski definition) is 2. The molecular formula is C18H20N2O2. The van der Waals surface area contributed by atoms with Crippen LogP contribution in [-0.4, -0.2) is 17.9 Å². The number of benzene rings is 2. The Morgan fingerprint density at radius 1 is 1.00 bits per heavy atom. The van der Waals surface area contributed by atoms with Crippen LogP contribution in [0.1, 0.15) is 18.9 Å². The van der Waals surface area contributed by atoms with Crippen molar-refractivity contribution in [3.05, 3.63) is 60.2 Å². The normalized spacial score (nSPS) is 11.7. The molecule has 0 spiro atoms. The van der Waals surface area contributed by atoms with Gasteiger partial charge in [0.05, 0.1) is 6.42 Å². The Hall–Kier alpha value is -2.62. The zero-order valence-electron chi connectivity index (χ0n) is 12.6. The minimum atomic E-state index is -0.417. The summed E-state index contributed by atoms with van der Waals surface area (Å²) >= 11 is 0. The first-order valence-corrected chi connectivity index (χ1v) is 7.26. The predicted molar refractivity (Wildman–Crippen MR) is 87.0 cm³/mol. The number of nitrogens with two attached hydrogens (primary N) is 1. The second-order valence-electron chi connectivity index (χ2n) is 5.38. The van der Waals surface area contributed by atoms with Gasteiger partial charge in [0, 0.05) is 12.5 Å². The predicted octanol–water partition coefficient (Wildman–Crippen LogP) is 2.28. The number of nitrogens with one attached hydrogen (secondary N) is 1. The van der Waals surface area contributed by atoms with Gasteiger partial charge in [0.15, 0.2) is 0 Å². The Bertz CT molecular complexity index is 636. The SMILES string of the molecule is C[C@H](CC(N)=O)NC(=O)Cc1ccc(-c2ccccc2)cc1. The van der Waals surface area contributed by atoms with Crippen molar-refractivity contribution >= 4 is 11.8 Å². The highest BCUT2D eigenvalue weighted by molar-refractivity contribution is 5.80. The molecule has 4 nitrogen and oxygen atoms in total. The lowest BCUT2D eigenvalue weighted by molar-refractivity contribution is -0.121. The molecule has 0 fully saturated rings. The lowest BCUT2D eigenvalue weighted by Gasteiger charge is -2.12. The topological polar surface area (TPSA) is 72.2 Å². The maximum Gasteiger partial charge on any atom is 0.224 e. The lowest BCUT2D eigenvalue weighted by atomic mass is 10.0. The molecule has 0 heterocycles. The molecule has 2 rings (SSSR count). The van der Waals surface area contributed by atoms with Gasteiger partial charge < -0.3 is 11.1 Å². The van der Waals surface area contributed by atoms with Crippen LogP contribution in [0.3, 0.4) is 0 Å². The molecule has 0 unspecified atom stereocenters. The second kappa shape index (κ2) is 7.41. The molecule has 0 bridgehead atoms. The van der Waals surface area contributed by atoms with Crippen LogP contribution in [-0.2, 0) is 16.0 Å². The summed E-state index contributed by atoms with van der Waals surface area (Å²) in [7, 11) is 0. The Balaban J connectivity index is 1.94. The fourth-order valence-electron chi connectivity index (χ4n) is 2.31. The Kier molecular flexibility index (Phi) is 5.31. The molecule has 0 aromatic heterocycles. The van der Waals surface area contributed by atoms with Gasteiger partial charge in [-0.2, -0.15) is 0 Å². The van der Waals surface area contributed by atoms with E-state index in [0.29, 0.717) is 0 Å². The van der Waals surface area contributed by atoms with E-state index in [4.69, 9.17) is 5.73 Å². The summed E-state index contributed by atoms with van der Waals surface area (Å²) in [4.78, 5) is 22.7. The van der Waals surface area contributed by atoms with Crippen molar-refractivity contribution in [2.24, 2.45) is 5.73 Å². The fraction of sp³-hybridized carbons (Fsp3) is 0.222. The lowest BCUT2D eigenvalue weighted by Crippen LogP contribution is -2.36. The van der Waals surface area contributed by atoms with Gasteiger partial charge in [-0.05, 0) is 23.6 Å². The molecule has 22 heavy (non-hydrogen) atoms. The van der Waals surface area contributed by atoms with E-state index in [1.54, 1.807) is 6.92 Å². The van der Waals surface area contributed by atoms with Crippen LogP contribution in [0.4, 0.5) is 0 Å². The van der Waals surface area contributed by atoms with Crippen molar-refractivity contribution in [1.82, 2.24) is 5.32 Å². The van der Waals surface area contributed by atoms with Crippen molar-refractivity contribution < 1.29 is 9.59 Å². The van der Waals surface area contributed by atoms with Gasteiger partial charge in [0.2, 0.25) is 11.8 Å². The highest BCUT2D eigenvalue weighted by Gasteiger charge is 2.10. The molecule has 0 radical (unpaired) electrons. The number of amides is 2. The van der Waals surface area contributed by atoms with Crippen molar-refractivity contribution in [1.29, 1.82) is 0 Å². The quantitative estimate of drug-likeness (QED) is 0.858. The number of hydrogen-bond donors (Lipinski definition) is 2. The van der Waals surface area contributed by atoms with Crippen molar-refractivity contribution in [2.75, 3.05) is 0 Å². The first-order valence-electron chi connectivity index (χ1n) is 7.26. The molecule has 0 saturated heterocycles. The van der Waals surface area contributed by atoms with E-state index < -0.39 is 5.91 Å². The monoisotopic (exact) mass is 296 g/mol. The van der Waals surface area contributed by atoms with E-state index in [0.717, 1.165) is 16.7 Å². The molecular weight excluding hydrogens is 276 g/mol. The van der Waals surface area contributed by atoms with E-state index >= 15 is 0 Å². The van der Waals surface area contributed by atoms with E-state index in [1.165, 1.54) is 0 Å². The van der Waals surface area contributed by atoms with Gasteiger partial charge in [-0.3, -0.25) is 9.59 Å². The zero-order valence-corrected chi connectivity index (χ0v) is 12.6. The maximum absolute atomic E-state index is 11.9.